The first kappa shape index (κ1) is 23.4. The van der Waals surface area contributed by atoms with Gasteiger partial charge >= 0.3 is 0 Å². The second-order valence-electron chi connectivity index (χ2n) is 9.24. The van der Waals surface area contributed by atoms with E-state index in [-0.39, 0.29) is 0 Å². The lowest BCUT2D eigenvalue weighted by Gasteiger charge is -2.27. The van der Waals surface area contributed by atoms with Gasteiger partial charge in [-0.1, -0.05) is 42.8 Å². The summed E-state index contributed by atoms with van der Waals surface area (Å²) in [6, 6.07) is 16.1. The summed E-state index contributed by atoms with van der Waals surface area (Å²) < 4.78 is 11.5. The van der Waals surface area contributed by atoms with Gasteiger partial charge in [0.15, 0.2) is 11.5 Å². The monoisotopic (exact) mass is 446 g/mol. The summed E-state index contributed by atoms with van der Waals surface area (Å²) in [6.07, 6.45) is 3.48. The molecular formula is C29H38N2O2. The highest BCUT2D eigenvalue weighted by Crippen LogP contribution is 2.39. The van der Waals surface area contributed by atoms with Crippen LogP contribution in [-0.2, 0) is 6.54 Å². The van der Waals surface area contributed by atoms with Crippen LogP contribution in [0.2, 0.25) is 0 Å². The largest absolute Gasteiger partial charge is 0.486 e. The highest BCUT2D eigenvalue weighted by molar-refractivity contribution is 5.81. The molecule has 0 aliphatic carbocycles. The molecule has 4 heteroatoms. The molecule has 176 valence electrons. The molecule has 0 aromatic heterocycles. The molecule has 0 saturated carbocycles. The van der Waals surface area contributed by atoms with E-state index in [1.165, 1.54) is 51.9 Å². The lowest BCUT2D eigenvalue weighted by Crippen LogP contribution is -2.23. The Kier molecular flexibility index (Phi) is 7.44. The van der Waals surface area contributed by atoms with Gasteiger partial charge in [-0.3, -0.25) is 4.90 Å². The number of rotatable bonds is 7. The average molecular weight is 447 g/mol. The van der Waals surface area contributed by atoms with Gasteiger partial charge in [0.25, 0.3) is 0 Å². The summed E-state index contributed by atoms with van der Waals surface area (Å²) in [7, 11) is 2.00. The van der Waals surface area contributed by atoms with Gasteiger partial charge in [-0.05, 0) is 81.0 Å². The summed E-state index contributed by atoms with van der Waals surface area (Å²) in [5.74, 6) is 1.76. The smallest absolute Gasteiger partial charge is 0.161 e. The third kappa shape index (κ3) is 5.11. The van der Waals surface area contributed by atoms with Crippen LogP contribution >= 0.6 is 0 Å². The molecule has 1 atom stereocenters. The third-order valence-corrected chi connectivity index (χ3v) is 7.24. The maximum Gasteiger partial charge on any atom is 0.161 e. The fourth-order valence-electron chi connectivity index (χ4n) is 4.99. The Labute approximate surface area is 199 Å². The van der Waals surface area contributed by atoms with Crippen LogP contribution < -0.4 is 14.8 Å². The van der Waals surface area contributed by atoms with Crippen LogP contribution in [0.4, 0.5) is 0 Å². The number of ether oxygens (including phenoxy) is 2. The summed E-state index contributed by atoms with van der Waals surface area (Å²) >= 11 is 0. The minimum absolute atomic E-state index is 0.430. The Bertz CT molecular complexity index is 1040. The lowest BCUT2D eigenvalue weighted by molar-refractivity contribution is 0.170. The van der Waals surface area contributed by atoms with Crippen molar-refractivity contribution in [3.63, 3.8) is 0 Å². The van der Waals surface area contributed by atoms with Gasteiger partial charge in [0, 0.05) is 30.9 Å². The number of nitrogens with zero attached hydrogens (tertiary/aromatic N) is 1. The van der Waals surface area contributed by atoms with E-state index in [9.17, 15) is 0 Å². The van der Waals surface area contributed by atoms with Gasteiger partial charge in [0.05, 0.1) is 0 Å². The Hall–Kier alpha value is -2.72. The van der Waals surface area contributed by atoms with Crippen LogP contribution in [-0.4, -0.2) is 31.7 Å². The first-order chi connectivity index (χ1) is 16.0. The van der Waals surface area contributed by atoms with E-state index in [4.69, 9.17) is 9.47 Å². The van der Waals surface area contributed by atoms with Crippen molar-refractivity contribution in [2.45, 2.75) is 59.5 Å². The van der Waals surface area contributed by atoms with Gasteiger partial charge in [0.2, 0.25) is 0 Å². The van der Waals surface area contributed by atoms with Crippen LogP contribution in [0.5, 0.6) is 11.5 Å². The minimum Gasteiger partial charge on any atom is -0.486 e. The fourth-order valence-corrected chi connectivity index (χ4v) is 4.99. The van der Waals surface area contributed by atoms with E-state index in [1.807, 2.05) is 7.05 Å². The van der Waals surface area contributed by atoms with Crippen molar-refractivity contribution >= 4 is 5.57 Å². The average Bonchev–Trinajstić information content (AvgIpc) is 3.32. The molecule has 0 spiro atoms. The minimum atomic E-state index is 0.430. The summed E-state index contributed by atoms with van der Waals surface area (Å²) in [5.41, 5.74) is 9.31. The first-order valence-electron chi connectivity index (χ1n) is 12.3. The zero-order chi connectivity index (χ0) is 23.4. The predicted molar refractivity (Wildman–Crippen MR) is 137 cm³/mol. The molecule has 0 amide bonds. The Balaban J connectivity index is 1.52. The molecule has 2 heterocycles. The molecule has 0 bridgehead atoms. The molecule has 2 aromatic carbocycles. The van der Waals surface area contributed by atoms with E-state index in [1.54, 1.807) is 0 Å². The first-order valence-corrected chi connectivity index (χ1v) is 12.3. The second-order valence-corrected chi connectivity index (χ2v) is 9.24. The van der Waals surface area contributed by atoms with Crippen LogP contribution in [0.15, 0.2) is 59.3 Å². The molecule has 0 unspecified atom stereocenters. The lowest BCUT2D eigenvalue weighted by atomic mass is 9.92. The molecular weight excluding hydrogens is 408 g/mol. The Morgan fingerprint density at radius 2 is 1.73 bits per heavy atom. The highest BCUT2D eigenvalue weighted by atomic mass is 16.6. The van der Waals surface area contributed by atoms with Crippen LogP contribution in [0.3, 0.4) is 0 Å². The van der Waals surface area contributed by atoms with E-state index >= 15 is 0 Å². The topological polar surface area (TPSA) is 33.7 Å². The summed E-state index contributed by atoms with van der Waals surface area (Å²) in [5, 5.41) is 3.36. The Morgan fingerprint density at radius 3 is 2.42 bits per heavy atom. The second kappa shape index (κ2) is 10.5. The van der Waals surface area contributed by atoms with Gasteiger partial charge < -0.3 is 14.8 Å². The molecule has 1 fully saturated rings. The molecule has 2 aliphatic heterocycles. The molecule has 4 rings (SSSR count). The van der Waals surface area contributed by atoms with Gasteiger partial charge in [-0.2, -0.15) is 0 Å². The van der Waals surface area contributed by atoms with E-state index in [0.29, 0.717) is 19.3 Å². The quantitative estimate of drug-likeness (QED) is 0.493. The fraction of sp³-hybridized carbons (Fsp3) is 0.448. The molecule has 2 aliphatic rings. The zero-order valence-corrected chi connectivity index (χ0v) is 20.8. The van der Waals surface area contributed by atoms with Crippen molar-refractivity contribution in [2.24, 2.45) is 0 Å². The number of benzene rings is 2. The van der Waals surface area contributed by atoms with Crippen molar-refractivity contribution < 1.29 is 9.47 Å². The third-order valence-electron chi connectivity index (χ3n) is 7.24. The number of fused-ring (bicyclic) bond motifs is 1. The maximum absolute atomic E-state index is 5.83. The maximum atomic E-state index is 5.83. The SMILES string of the molecule is CCC(C)=C(C)/C(=C(/C)NC)c1ccc(CN2CCC[C@@H]2c2ccc3c(c2)OCCO3)cc1. The number of likely N-dealkylation sites (tertiary alicyclic amines) is 1. The van der Waals surface area contributed by atoms with E-state index < -0.39 is 0 Å². The molecule has 2 aromatic rings. The van der Waals surface area contributed by atoms with Crippen molar-refractivity contribution in [1.82, 2.24) is 10.2 Å². The summed E-state index contributed by atoms with van der Waals surface area (Å²) in [6.45, 7) is 12.2. The van der Waals surface area contributed by atoms with Crippen molar-refractivity contribution in [3.05, 3.63) is 76.0 Å². The molecule has 1 N–H and O–H groups in total. The number of hydrogen-bond donors (Lipinski definition) is 1. The number of hydrogen-bond acceptors (Lipinski definition) is 4. The summed E-state index contributed by atoms with van der Waals surface area (Å²) in [4.78, 5) is 2.60. The van der Waals surface area contributed by atoms with E-state index in [0.717, 1.165) is 31.0 Å². The van der Waals surface area contributed by atoms with Gasteiger partial charge in [-0.15, -0.1) is 0 Å². The molecule has 0 radical (unpaired) electrons. The highest BCUT2D eigenvalue weighted by Gasteiger charge is 2.27. The predicted octanol–water partition coefficient (Wildman–Crippen LogP) is 6.49. The number of nitrogens with one attached hydrogen (secondary N) is 1. The molecule has 33 heavy (non-hydrogen) atoms. The van der Waals surface area contributed by atoms with Crippen molar-refractivity contribution in [1.29, 1.82) is 0 Å². The molecule has 1 saturated heterocycles. The molecule has 4 nitrogen and oxygen atoms in total. The van der Waals surface area contributed by atoms with Crippen molar-refractivity contribution in [3.8, 4) is 11.5 Å². The van der Waals surface area contributed by atoms with Gasteiger partial charge in [-0.25, -0.2) is 0 Å². The van der Waals surface area contributed by atoms with Crippen LogP contribution in [0.1, 0.15) is 69.7 Å². The van der Waals surface area contributed by atoms with Crippen LogP contribution in [0, 0.1) is 0 Å². The Morgan fingerprint density at radius 1 is 1.00 bits per heavy atom. The standard InChI is InChI=1S/C29H38N2O2/c1-6-20(2)21(3)29(22(4)30-5)24-11-9-23(10-12-24)19-31-15-7-8-26(31)25-13-14-27-28(18-25)33-17-16-32-27/h9-14,18,26,30H,6-8,15-17,19H2,1-5H3/b21-20?,29-22+/t26-/m1/s1. The van der Waals surface area contributed by atoms with Crippen LogP contribution in [0.25, 0.3) is 5.57 Å². The normalized spacial score (nSPS) is 19.7. The number of allylic oxidation sites excluding steroid dienone is 4. The van der Waals surface area contributed by atoms with Crippen molar-refractivity contribution in [2.75, 3.05) is 26.8 Å². The zero-order valence-electron chi connectivity index (χ0n) is 20.8. The van der Waals surface area contributed by atoms with E-state index in [2.05, 4.69) is 80.4 Å². The van der Waals surface area contributed by atoms with Gasteiger partial charge in [0.1, 0.15) is 13.2 Å².